The largest absolute Gasteiger partial charge is 0.339 e. The van der Waals surface area contributed by atoms with Gasteiger partial charge in [0.15, 0.2) is 0 Å². The van der Waals surface area contributed by atoms with Crippen molar-refractivity contribution in [3.8, 4) is 0 Å². The molecule has 0 radical (unpaired) electrons. The number of rotatable bonds is 4. The van der Waals surface area contributed by atoms with Gasteiger partial charge in [0.1, 0.15) is 5.69 Å². The number of carbonyl (C=O) groups excluding carboxylic acids is 1. The molecular formula is C24H27N3O2. The fraction of sp³-hybridized carbons (Fsp3) is 0.375. The topological polar surface area (TPSA) is 55.2 Å². The Hall–Kier alpha value is -2.95. The summed E-state index contributed by atoms with van der Waals surface area (Å²) in [6, 6.07) is 16.1. The molecule has 1 aliphatic rings. The highest BCUT2D eigenvalue weighted by molar-refractivity contribution is 5.97. The molecule has 1 amide bonds. The maximum Gasteiger partial charge on any atom is 0.272 e. The van der Waals surface area contributed by atoms with Crippen LogP contribution in [0.5, 0.6) is 0 Å². The smallest absolute Gasteiger partial charge is 0.272 e. The first-order valence-corrected chi connectivity index (χ1v) is 10.4. The highest BCUT2D eigenvalue weighted by Crippen LogP contribution is 2.23. The Morgan fingerprint density at radius 3 is 2.52 bits per heavy atom. The Labute approximate surface area is 171 Å². The van der Waals surface area contributed by atoms with Crippen LogP contribution in [0.25, 0.3) is 11.0 Å². The molecule has 1 fully saturated rings. The van der Waals surface area contributed by atoms with Crippen molar-refractivity contribution < 1.29 is 4.79 Å². The van der Waals surface area contributed by atoms with Crippen molar-refractivity contribution in [1.82, 2.24) is 14.5 Å². The third-order valence-corrected chi connectivity index (χ3v) is 5.94. The molecule has 0 aliphatic carbocycles. The van der Waals surface area contributed by atoms with E-state index in [1.807, 2.05) is 36.1 Å². The maximum absolute atomic E-state index is 13.0. The molecule has 5 nitrogen and oxygen atoms in total. The third kappa shape index (κ3) is 3.95. The summed E-state index contributed by atoms with van der Waals surface area (Å²) in [4.78, 5) is 31.7. The predicted molar refractivity (Wildman–Crippen MR) is 115 cm³/mol. The van der Waals surface area contributed by atoms with Crippen LogP contribution in [0.3, 0.4) is 0 Å². The molecule has 1 aromatic heterocycles. The third-order valence-electron chi connectivity index (χ3n) is 5.94. The number of hydrogen-bond acceptors (Lipinski definition) is 3. The Bertz CT molecular complexity index is 1080. The van der Waals surface area contributed by atoms with Crippen molar-refractivity contribution in [3.05, 3.63) is 75.7 Å². The van der Waals surface area contributed by atoms with Crippen LogP contribution in [0, 0.1) is 12.8 Å². The van der Waals surface area contributed by atoms with Gasteiger partial charge >= 0.3 is 0 Å². The van der Waals surface area contributed by atoms with E-state index in [0.717, 1.165) is 37.9 Å². The minimum absolute atomic E-state index is 0.0544. The monoisotopic (exact) mass is 389 g/mol. The average molecular weight is 389 g/mol. The fourth-order valence-electron chi connectivity index (χ4n) is 4.29. The lowest BCUT2D eigenvalue weighted by molar-refractivity contribution is 0.0690. The number of fused-ring (bicyclic) bond motifs is 1. The van der Waals surface area contributed by atoms with Gasteiger partial charge in [-0.1, -0.05) is 30.3 Å². The van der Waals surface area contributed by atoms with E-state index in [2.05, 4.69) is 29.2 Å². The normalized spacial score (nSPS) is 15.0. The van der Waals surface area contributed by atoms with Gasteiger partial charge in [0.05, 0.1) is 11.0 Å². The van der Waals surface area contributed by atoms with Crippen LogP contribution >= 0.6 is 0 Å². The summed E-state index contributed by atoms with van der Waals surface area (Å²) in [7, 11) is 0. The Kier molecular flexibility index (Phi) is 5.47. The van der Waals surface area contributed by atoms with Crippen molar-refractivity contribution in [2.24, 2.45) is 5.92 Å². The molecule has 0 saturated carbocycles. The average Bonchev–Trinajstić information content (AvgIpc) is 2.75. The zero-order valence-corrected chi connectivity index (χ0v) is 17.1. The molecular weight excluding hydrogens is 362 g/mol. The molecule has 150 valence electrons. The molecule has 29 heavy (non-hydrogen) atoms. The second kappa shape index (κ2) is 8.19. The molecule has 2 aromatic carbocycles. The molecule has 3 aromatic rings. The second-order valence-corrected chi connectivity index (χ2v) is 7.88. The van der Waals surface area contributed by atoms with Crippen molar-refractivity contribution in [3.63, 3.8) is 0 Å². The molecule has 0 unspecified atom stereocenters. The minimum atomic E-state index is -0.0698. The summed E-state index contributed by atoms with van der Waals surface area (Å²) in [5.41, 5.74) is 3.89. The van der Waals surface area contributed by atoms with E-state index in [9.17, 15) is 9.59 Å². The number of aromatic nitrogens is 2. The van der Waals surface area contributed by atoms with E-state index in [1.54, 1.807) is 11.5 Å². The Morgan fingerprint density at radius 1 is 1.10 bits per heavy atom. The lowest BCUT2D eigenvalue weighted by atomic mass is 9.90. The van der Waals surface area contributed by atoms with Gasteiger partial charge < -0.3 is 9.47 Å². The quantitative estimate of drug-likeness (QED) is 0.682. The first-order valence-electron chi connectivity index (χ1n) is 10.4. The summed E-state index contributed by atoms with van der Waals surface area (Å²) in [5, 5.41) is 0. The van der Waals surface area contributed by atoms with E-state index in [0.29, 0.717) is 29.2 Å². The van der Waals surface area contributed by atoms with E-state index in [-0.39, 0.29) is 11.5 Å². The highest BCUT2D eigenvalue weighted by atomic mass is 16.2. The van der Waals surface area contributed by atoms with Crippen LogP contribution in [-0.4, -0.2) is 33.4 Å². The first kappa shape index (κ1) is 19.4. The molecule has 5 heteroatoms. The first-order chi connectivity index (χ1) is 14.1. The zero-order chi connectivity index (χ0) is 20.4. The predicted octanol–water partition coefficient (Wildman–Crippen LogP) is 3.82. The van der Waals surface area contributed by atoms with Crippen LogP contribution in [0.4, 0.5) is 0 Å². The lowest BCUT2D eigenvalue weighted by Gasteiger charge is -2.32. The molecule has 0 bridgehead atoms. The van der Waals surface area contributed by atoms with E-state index >= 15 is 0 Å². The summed E-state index contributed by atoms with van der Waals surface area (Å²) in [6.07, 6.45) is 3.14. The Balaban J connectivity index is 1.48. The van der Waals surface area contributed by atoms with E-state index < -0.39 is 0 Å². The number of nitrogens with zero attached hydrogens (tertiary/aromatic N) is 3. The van der Waals surface area contributed by atoms with Gasteiger partial charge in [0, 0.05) is 25.2 Å². The molecule has 0 atom stereocenters. The molecule has 2 heterocycles. The minimum Gasteiger partial charge on any atom is -0.339 e. The second-order valence-electron chi connectivity index (χ2n) is 7.88. The molecule has 0 spiro atoms. The van der Waals surface area contributed by atoms with Gasteiger partial charge in [-0.05, 0) is 62.8 Å². The number of carbonyl (C=O) groups is 1. The summed E-state index contributed by atoms with van der Waals surface area (Å²) in [6.45, 7) is 5.82. The molecule has 4 rings (SSSR count). The zero-order valence-electron chi connectivity index (χ0n) is 17.1. The van der Waals surface area contributed by atoms with E-state index in [1.165, 1.54) is 5.56 Å². The highest BCUT2D eigenvalue weighted by Gasteiger charge is 2.24. The maximum atomic E-state index is 13.0. The van der Waals surface area contributed by atoms with Crippen LogP contribution in [-0.2, 0) is 13.0 Å². The molecule has 1 saturated heterocycles. The van der Waals surface area contributed by atoms with Gasteiger partial charge in [0.25, 0.3) is 11.5 Å². The van der Waals surface area contributed by atoms with Gasteiger partial charge in [-0.15, -0.1) is 0 Å². The molecule has 1 aliphatic heterocycles. The number of piperidine rings is 1. The standard InChI is InChI=1S/C24H27N3O2/c1-3-27-22-10-9-20(16-21(22)25-17(2)23(27)28)24(29)26-13-11-19(12-14-26)15-18-7-5-4-6-8-18/h4-10,16,19H,3,11-15H2,1-2H3. The number of amides is 1. The van der Waals surface area contributed by atoms with Crippen molar-refractivity contribution in [2.45, 2.75) is 39.7 Å². The van der Waals surface area contributed by atoms with E-state index in [4.69, 9.17) is 0 Å². The SMILES string of the molecule is CCn1c(=O)c(C)nc2cc(C(=O)N3CCC(Cc4ccccc4)CC3)ccc21. The van der Waals surface area contributed by atoms with Crippen LogP contribution in [0.1, 0.15) is 41.4 Å². The summed E-state index contributed by atoms with van der Waals surface area (Å²) >= 11 is 0. The van der Waals surface area contributed by atoms with Crippen LogP contribution in [0.2, 0.25) is 0 Å². The van der Waals surface area contributed by atoms with Crippen LogP contribution in [0.15, 0.2) is 53.3 Å². The van der Waals surface area contributed by atoms with Gasteiger partial charge in [-0.25, -0.2) is 4.98 Å². The van der Waals surface area contributed by atoms with Crippen molar-refractivity contribution in [1.29, 1.82) is 0 Å². The van der Waals surface area contributed by atoms with Crippen molar-refractivity contribution in [2.75, 3.05) is 13.1 Å². The summed E-state index contributed by atoms with van der Waals surface area (Å²) in [5.74, 6) is 0.681. The van der Waals surface area contributed by atoms with Gasteiger partial charge in [-0.2, -0.15) is 0 Å². The van der Waals surface area contributed by atoms with Crippen LogP contribution < -0.4 is 5.56 Å². The number of likely N-dealkylation sites (tertiary alicyclic amines) is 1. The number of aryl methyl sites for hydroxylation is 2. The Morgan fingerprint density at radius 2 is 1.83 bits per heavy atom. The molecule has 0 N–H and O–H groups in total. The fourth-order valence-corrected chi connectivity index (χ4v) is 4.29. The summed E-state index contributed by atoms with van der Waals surface area (Å²) < 4.78 is 1.71. The van der Waals surface area contributed by atoms with Crippen molar-refractivity contribution >= 4 is 16.9 Å². The van der Waals surface area contributed by atoms with Gasteiger partial charge in [0.2, 0.25) is 0 Å². The number of benzene rings is 2. The lowest BCUT2D eigenvalue weighted by Crippen LogP contribution is -2.39. The number of hydrogen-bond donors (Lipinski definition) is 0. The van der Waals surface area contributed by atoms with Gasteiger partial charge in [-0.3, -0.25) is 9.59 Å².